The van der Waals surface area contributed by atoms with Gasteiger partial charge in [-0.05, 0) is 36.4 Å². The second-order valence-electron chi connectivity index (χ2n) is 4.33. The smallest absolute Gasteiger partial charge is 0.101 e. The van der Waals surface area contributed by atoms with Gasteiger partial charge in [-0.15, -0.1) is 11.3 Å². The summed E-state index contributed by atoms with van der Waals surface area (Å²) in [5.41, 5.74) is 2.96. The molecule has 0 unspecified atom stereocenters. The Bertz CT molecular complexity index is 552. The number of nitriles is 1. The molecule has 0 bridgehead atoms. The molecule has 0 saturated heterocycles. The number of anilines is 1. The van der Waals surface area contributed by atoms with Crippen LogP contribution in [0.1, 0.15) is 16.0 Å². The number of hydrogen-bond donors (Lipinski definition) is 0. The van der Waals surface area contributed by atoms with Crippen LogP contribution in [0, 0.1) is 18.3 Å². The lowest BCUT2D eigenvalue weighted by Crippen LogP contribution is -2.22. The van der Waals surface area contributed by atoms with E-state index >= 15 is 0 Å². The van der Waals surface area contributed by atoms with Gasteiger partial charge in [-0.25, -0.2) is 0 Å². The Kier molecular flexibility index (Phi) is 4.01. The minimum absolute atomic E-state index is 0.753. The Morgan fingerprint density at radius 3 is 2.78 bits per heavy atom. The van der Waals surface area contributed by atoms with Crippen LogP contribution in [0.2, 0.25) is 0 Å². The number of para-hydroxylation sites is 1. The van der Waals surface area contributed by atoms with Crippen LogP contribution in [-0.4, -0.2) is 13.6 Å². The minimum atomic E-state index is 0.753. The molecule has 18 heavy (non-hydrogen) atoms. The predicted molar refractivity (Wildman–Crippen MR) is 77.2 cm³/mol. The average Bonchev–Trinajstić information content (AvgIpc) is 2.88. The van der Waals surface area contributed by atoms with E-state index in [1.54, 1.807) is 11.3 Å². The van der Waals surface area contributed by atoms with E-state index in [0.717, 1.165) is 29.8 Å². The third-order valence-corrected chi connectivity index (χ3v) is 3.95. The molecular formula is C15H16N2S. The minimum Gasteiger partial charge on any atom is -0.373 e. The van der Waals surface area contributed by atoms with Crippen LogP contribution >= 0.6 is 11.3 Å². The summed E-state index contributed by atoms with van der Waals surface area (Å²) in [4.78, 5) is 3.56. The van der Waals surface area contributed by atoms with E-state index in [9.17, 15) is 0 Å². The third kappa shape index (κ3) is 2.72. The van der Waals surface area contributed by atoms with Crippen LogP contribution in [0.25, 0.3) is 0 Å². The average molecular weight is 256 g/mol. The Balaban J connectivity index is 2.14. The van der Waals surface area contributed by atoms with Gasteiger partial charge in [0, 0.05) is 18.5 Å². The van der Waals surface area contributed by atoms with Gasteiger partial charge in [-0.1, -0.05) is 18.2 Å². The summed E-state index contributed by atoms with van der Waals surface area (Å²) in [5.74, 6) is 0. The van der Waals surface area contributed by atoms with E-state index in [4.69, 9.17) is 5.26 Å². The lowest BCUT2D eigenvalue weighted by Gasteiger charge is -2.22. The molecular weight excluding hydrogens is 240 g/mol. The Hall–Kier alpha value is -1.79. The largest absolute Gasteiger partial charge is 0.373 e. The zero-order valence-electron chi connectivity index (χ0n) is 10.7. The first kappa shape index (κ1) is 12.7. The number of hydrogen-bond acceptors (Lipinski definition) is 3. The zero-order valence-corrected chi connectivity index (χ0v) is 11.5. The topological polar surface area (TPSA) is 27.0 Å². The summed E-state index contributed by atoms with van der Waals surface area (Å²) in [7, 11) is 2.05. The first-order chi connectivity index (χ1) is 8.72. The highest BCUT2D eigenvalue weighted by molar-refractivity contribution is 7.09. The van der Waals surface area contributed by atoms with Crippen LogP contribution in [0.15, 0.2) is 35.7 Å². The third-order valence-electron chi connectivity index (χ3n) is 3.01. The van der Waals surface area contributed by atoms with Crippen molar-refractivity contribution in [3.63, 3.8) is 0 Å². The maximum absolute atomic E-state index is 9.17. The van der Waals surface area contributed by atoms with Gasteiger partial charge >= 0.3 is 0 Å². The molecule has 0 atom stereocenters. The number of nitrogens with zero attached hydrogens (tertiary/aromatic N) is 2. The van der Waals surface area contributed by atoms with Gasteiger partial charge in [-0.2, -0.15) is 5.26 Å². The number of aryl methyl sites for hydroxylation is 1. The van der Waals surface area contributed by atoms with Crippen LogP contribution in [0.5, 0.6) is 0 Å². The second kappa shape index (κ2) is 5.70. The lowest BCUT2D eigenvalue weighted by molar-refractivity contribution is 0.882. The first-order valence-electron chi connectivity index (χ1n) is 5.95. The van der Waals surface area contributed by atoms with Gasteiger partial charge in [0.1, 0.15) is 6.07 Å². The molecule has 0 aliphatic rings. The molecule has 1 aromatic carbocycles. The summed E-state index contributed by atoms with van der Waals surface area (Å²) in [6.45, 7) is 2.98. The van der Waals surface area contributed by atoms with Crippen molar-refractivity contribution in [3.05, 3.63) is 51.7 Å². The number of thiophene rings is 1. The number of benzene rings is 1. The summed E-state index contributed by atoms with van der Waals surface area (Å²) < 4.78 is 0. The van der Waals surface area contributed by atoms with Crippen molar-refractivity contribution in [2.45, 2.75) is 13.3 Å². The summed E-state index contributed by atoms with van der Waals surface area (Å²) in [6.07, 6.45) is 1.02. The molecule has 0 saturated carbocycles. The fourth-order valence-electron chi connectivity index (χ4n) is 2.10. The summed E-state index contributed by atoms with van der Waals surface area (Å²) >= 11 is 1.78. The zero-order chi connectivity index (χ0) is 13.0. The van der Waals surface area contributed by atoms with Crippen LogP contribution < -0.4 is 4.90 Å². The monoisotopic (exact) mass is 256 g/mol. The molecule has 1 aromatic heterocycles. The maximum Gasteiger partial charge on any atom is 0.101 e. The van der Waals surface area contributed by atoms with Gasteiger partial charge < -0.3 is 4.90 Å². The standard InChI is InChI=1S/C15H16N2S/c1-12-5-3-6-13(11-16)15(12)17(2)9-8-14-7-4-10-18-14/h3-7,10H,8-9H2,1-2H3. The lowest BCUT2D eigenvalue weighted by atomic mass is 10.1. The second-order valence-corrected chi connectivity index (χ2v) is 5.37. The Morgan fingerprint density at radius 2 is 2.11 bits per heavy atom. The number of rotatable bonds is 4. The van der Waals surface area contributed by atoms with Gasteiger partial charge in [0.05, 0.1) is 11.3 Å². The fourth-order valence-corrected chi connectivity index (χ4v) is 2.80. The van der Waals surface area contributed by atoms with E-state index < -0.39 is 0 Å². The quantitative estimate of drug-likeness (QED) is 0.835. The summed E-state index contributed by atoms with van der Waals surface area (Å²) in [5, 5.41) is 11.3. The normalized spacial score (nSPS) is 10.1. The SMILES string of the molecule is Cc1cccc(C#N)c1N(C)CCc1cccs1. The van der Waals surface area contributed by atoms with Crippen molar-refractivity contribution >= 4 is 17.0 Å². The van der Waals surface area contributed by atoms with Gasteiger partial charge in [0.2, 0.25) is 0 Å². The van der Waals surface area contributed by atoms with Gasteiger partial charge in [0.25, 0.3) is 0 Å². The van der Waals surface area contributed by atoms with Gasteiger partial charge in [0.15, 0.2) is 0 Å². The van der Waals surface area contributed by atoms with Crippen molar-refractivity contribution < 1.29 is 0 Å². The van der Waals surface area contributed by atoms with Crippen molar-refractivity contribution in [2.24, 2.45) is 0 Å². The molecule has 0 radical (unpaired) electrons. The van der Waals surface area contributed by atoms with Crippen molar-refractivity contribution in [1.29, 1.82) is 5.26 Å². The van der Waals surface area contributed by atoms with Gasteiger partial charge in [-0.3, -0.25) is 0 Å². The number of likely N-dealkylation sites (N-methyl/N-ethyl adjacent to an activating group) is 1. The molecule has 0 fully saturated rings. The Morgan fingerprint density at radius 1 is 1.28 bits per heavy atom. The Labute approximate surface area is 112 Å². The maximum atomic E-state index is 9.17. The molecule has 0 aliphatic heterocycles. The van der Waals surface area contributed by atoms with E-state index in [-0.39, 0.29) is 0 Å². The van der Waals surface area contributed by atoms with E-state index in [1.807, 2.05) is 12.1 Å². The molecule has 0 aliphatic carbocycles. The molecule has 2 aromatic rings. The first-order valence-corrected chi connectivity index (χ1v) is 6.83. The van der Waals surface area contributed by atoms with E-state index in [0.29, 0.717) is 0 Å². The van der Waals surface area contributed by atoms with Crippen LogP contribution in [0.3, 0.4) is 0 Å². The molecule has 2 rings (SSSR count). The highest BCUT2D eigenvalue weighted by Crippen LogP contribution is 2.24. The van der Waals surface area contributed by atoms with Crippen molar-refractivity contribution in [3.8, 4) is 6.07 Å². The highest BCUT2D eigenvalue weighted by Gasteiger charge is 2.10. The van der Waals surface area contributed by atoms with Crippen molar-refractivity contribution in [2.75, 3.05) is 18.5 Å². The molecule has 0 N–H and O–H groups in total. The molecule has 0 amide bonds. The summed E-state index contributed by atoms with van der Waals surface area (Å²) in [6, 6.07) is 12.4. The fraction of sp³-hybridized carbons (Fsp3) is 0.267. The van der Waals surface area contributed by atoms with Crippen LogP contribution in [0.4, 0.5) is 5.69 Å². The molecule has 92 valence electrons. The molecule has 0 spiro atoms. The molecule has 3 heteroatoms. The van der Waals surface area contributed by atoms with E-state index in [2.05, 4.69) is 48.5 Å². The highest BCUT2D eigenvalue weighted by atomic mass is 32.1. The molecule has 1 heterocycles. The predicted octanol–water partition coefficient (Wildman–Crippen LogP) is 3.61. The van der Waals surface area contributed by atoms with E-state index in [1.165, 1.54) is 4.88 Å². The molecule has 2 nitrogen and oxygen atoms in total. The van der Waals surface area contributed by atoms with Crippen LogP contribution in [-0.2, 0) is 6.42 Å². The van der Waals surface area contributed by atoms with Crippen molar-refractivity contribution in [1.82, 2.24) is 0 Å².